The van der Waals surface area contributed by atoms with Crippen molar-refractivity contribution in [3.63, 3.8) is 0 Å². The average Bonchev–Trinajstić information content (AvgIpc) is 3.28. The average molecular weight is 357 g/mol. The standard InChI is InChI=1S/C19H21ClN4O/c1-3-18(24-13-16(20)12-21-24)19(25)22-14(2)15-7-6-8-17(11-15)23-9-4-5-10-23/h4-14,18H,3H2,1-2H3,(H,22,25). The molecule has 5 nitrogen and oxygen atoms in total. The minimum absolute atomic E-state index is 0.0684. The van der Waals surface area contributed by atoms with Crippen LogP contribution in [0.25, 0.3) is 5.69 Å². The second-order valence-electron chi connectivity index (χ2n) is 5.98. The maximum absolute atomic E-state index is 12.7. The summed E-state index contributed by atoms with van der Waals surface area (Å²) in [5, 5.41) is 7.76. The largest absolute Gasteiger partial charge is 0.348 e. The SMILES string of the molecule is CCC(C(=O)NC(C)c1cccc(-n2cccc2)c1)n1cc(Cl)cn1. The van der Waals surface area contributed by atoms with E-state index in [1.165, 1.54) is 0 Å². The molecule has 2 atom stereocenters. The maximum atomic E-state index is 12.7. The topological polar surface area (TPSA) is 51.9 Å². The van der Waals surface area contributed by atoms with Crippen molar-refractivity contribution in [2.45, 2.75) is 32.4 Å². The Bertz CT molecular complexity index is 841. The second-order valence-corrected chi connectivity index (χ2v) is 6.41. The van der Waals surface area contributed by atoms with E-state index in [9.17, 15) is 4.79 Å². The first-order chi connectivity index (χ1) is 12.1. The van der Waals surface area contributed by atoms with Crippen LogP contribution in [0.15, 0.2) is 61.2 Å². The first kappa shape index (κ1) is 17.3. The van der Waals surface area contributed by atoms with Crippen molar-refractivity contribution < 1.29 is 4.79 Å². The molecule has 2 aromatic heterocycles. The van der Waals surface area contributed by atoms with Gasteiger partial charge in [-0.15, -0.1) is 0 Å². The van der Waals surface area contributed by atoms with Gasteiger partial charge in [0.15, 0.2) is 0 Å². The molecule has 0 bridgehead atoms. The zero-order valence-corrected chi connectivity index (χ0v) is 15.0. The normalized spacial score (nSPS) is 13.4. The molecule has 3 aromatic rings. The minimum Gasteiger partial charge on any atom is -0.348 e. The van der Waals surface area contributed by atoms with Gasteiger partial charge in [-0.25, -0.2) is 0 Å². The van der Waals surface area contributed by atoms with Gasteiger partial charge < -0.3 is 9.88 Å². The lowest BCUT2D eigenvalue weighted by Crippen LogP contribution is -2.34. The summed E-state index contributed by atoms with van der Waals surface area (Å²) in [6.45, 7) is 3.94. The Morgan fingerprint density at radius 3 is 2.68 bits per heavy atom. The molecule has 0 aliphatic heterocycles. The van der Waals surface area contributed by atoms with Crippen molar-refractivity contribution in [3.05, 3.63) is 71.8 Å². The van der Waals surface area contributed by atoms with Gasteiger partial charge in [-0.3, -0.25) is 9.48 Å². The highest BCUT2D eigenvalue weighted by Gasteiger charge is 2.21. The fraction of sp³-hybridized carbons (Fsp3) is 0.263. The molecule has 130 valence electrons. The zero-order valence-electron chi connectivity index (χ0n) is 14.3. The highest BCUT2D eigenvalue weighted by atomic mass is 35.5. The zero-order chi connectivity index (χ0) is 17.8. The molecule has 0 aliphatic carbocycles. The lowest BCUT2D eigenvalue weighted by Gasteiger charge is -2.20. The van der Waals surface area contributed by atoms with Crippen LogP contribution in [0.4, 0.5) is 0 Å². The Kier molecular flexibility index (Phi) is 5.24. The van der Waals surface area contributed by atoms with Crippen molar-refractivity contribution >= 4 is 17.5 Å². The van der Waals surface area contributed by atoms with E-state index >= 15 is 0 Å². The van der Waals surface area contributed by atoms with Crippen LogP contribution in [-0.4, -0.2) is 20.3 Å². The Morgan fingerprint density at radius 1 is 1.28 bits per heavy atom. The first-order valence-electron chi connectivity index (χ1n) is 8.32. The molecule has 3 rings (SSSR count). The number of hydrogen-bond donors (Lipinski definition) is 1. The molecule has 25 heavy (non-hydrogen) atoms. The van der Waals surface area contributed by atoms with Crippen LogP contribution in [0.3, 0.4) is 0 Å². The predicted octanol–water partition coefficient (Wildman–Crippen LogP) is 4.16. The van der Waals surface area contributed by atoms with E-state index in [4.69, 9.17) is 11.6 Å². The molecule has 2 heterocycles. The lowest BCUT2D eigenvalue weighted by molar-refractivity contribution is -0.125. The molecular formula is C19H21ClN4O. The molecular weight excluding hydrogens is 336 g/mol. The van der Waals surface area contributed by atoms with Crippen LogP contribution in [0.5, 0.6) is 0 Å². The van der Waals surface area contributed by atoms with Crippen molar-refractivity contribution in [2.24, 2.45) is 0 Å². The van der Waals surface area contributed by atoms with Crippen molar-refractivity contribution in [3.8, 4) is 5.69 Å². The van der Waals surface area contributed by atoms with Gasteiger partial charge in [0, 0.05) is 24.3 Å². The van der Waals surface area contributed by atoms with Crippen LogP contribution in [-0.2, 0) is 4.79 Å². The fourth-order valence-electron chi connectivity index (χ4n) is 2.83. The van der Waals surface area contributed by atoms with E-state index in [1.54, 1.807) is 17.1 Å². The Hall–Kier alpha value is -2.53. The van der Waals surface area contributed by atoms with E-state index in [0.29, 0.717) is 11.4 Å². The monoisotopic (exact) mass is 356 g/mol. The maximum Gasteiger partial charge on any atom is 0.245 e. The number of rotatable bonds is 6. The first-order valence-corrected chi connectivity index (χ1v) is 8.69. The fourth-order valence-corrected chi connectivity index (χ4v) is 2.98. The van der Waals surface area contributed by atoms with Gasteiger partial charge in [0.1, 0.15) is 6.04 Å². The smallest absolute Gasteiger partial charge is 0.245 e. The number of halogens is 1. The van der Waals surface area contributed by atoms with E-state index in [-0.39, 0.29) is 18.0 Å². The third-order valence-corrected chi connectivity index (χ3v) is 4.41. The summed E-state index contributed by atoms with van der Waals surface area (Å²) in [6.07, 6.45) is 7.85. The van der Waals surface area contributed by atoms with Crippen LogP contribution < -0.4 is 5.32 Å². The van der Waals surface area contributed by atoms with Crippen LogP contribution in [0.1, 0.15) is 37.9 Å². The molecule has 0 aliphatic rings. The summed E-state index contributed by atoms with van der Waals surface area (Å²) in [4.78, 5) is 12.7. The van der Waals surface area contributed by atoms with Gasteiger partial charge in [-0.05, 0) is 43.2 Å². The minimum atomic E-state index is -0.373. The highest BCUT2D eigenvalue weighted by Crippen LogP contribution is 2.20. The lowest BCUT2D eigenvalue weighted by atomic mass is 10.1. The predicted molar refractivity (Wildman–Crippen MR) is 98.9 cm³/mol. The second kappa shape index (κ2) is 7.57. The van der Waals surface area contributed by atoms with Gasteiger partial charge in [0.25, 0.3) is 0 Å². The van der Waals surface area contributed by atoms with Crippen LogP contribution >= 0.6 is 11.6 Å². The summed E-state index contributed by atoms with van der Waals surface area (Å²) < 4.78 is 3.65. The third kappa shape index (κ3) is 3.94. The van der Waals surface area contributed by atoms with Crippen LogP contribution in [0.2, 0.25) is 5.02 Å². The summed E-state index contributed by atoms with van der Waals surface area (Å²) in [5.74, 6) is -0.0684. The van der Waals surface area contributed by atoms with E-state index in [2.05, 4.69) is 16.5 Å². The van der Waals surface area contributed by atoms with Crippen molar-refractivity contribution in [1.29, 1.82) is 0 Å². The third-order valence-electron chi connectivity index (χ3n) is 4.21. The van der Waals surface area contributed by atoms with E-state index in [0.717, 1.165) is 11.3 Å². The molecule has 1 aromatic carbocycles. The van der Waals surface area contributed by atoms with Crippen molar-refractivity contribution in [1.82, 2.24) is 19.7 Å². The molecule has 0 saturated carbocycles. The van der Waals surface area contributed by atoms with Gasteiger partial charge in [-0.1, -0.05) is 30.7 Å². The quantitative estimate of drug-likeness (QED) is 0.721. The molecule has 0 radical (unpaired) electrons. The molecule has 0 saturated heterocycles. The van der Waals surface area contributed by atoms with Gasteiger partial charge in [0.2, 0.25) is 5.91 Å². The molecule has 0 fully saturated rings. The van der Waals surface area contributed by atoms with Gasteiger partial charge in [-0.2, -0.15) is 5.10 Å². The van der Waals surface area contributed by atoms with Gasteiger partial charge >= 0.3 is 0 Å². The summed E-state index contributed by atoms with van der Waals surface area (Å²) in [6, 6.07) is 11.6. The number of carbonyl (C=O) groups excluding carboxylic acids is 1. The highest BCUT2D eigenvalue weighted by molar-refractivity contribution is 6.30. The number of nitrogens with zero attached hydrogens (tertiary/aromatic N) is 3. The van der Waals surface area contributed by atoms with E-state index < -0.39 is 0 Å². The van der Waals surface area contributed by atoms with Crippen LogP contribution in [0, 0.1) is 0 Å². The number of hydrogen-bond acceptors (Lipinski definition) is 2. The molecule has 1 N–H and O–H groups in total. The number of carbonyl (C=O) groups is 1. The molecule has 1 amide bonds. The number of amides is 1. The number of nitrogens with one attached hydrogen (secondary N) is 1. The Labute approximate surface area is 152 Å². The Morgan fingerprint density at radius 2 is 2.04 bits per heavy atom. The number of benzene rings is 1. The molecule has 0 spiro atoms. The Balaban J connectivity index is 1.74. The molecule has 2 unspecified atom stereocenters. The number of aromatic nitrogens is 3. The molecule has 6 heteroatoms. The summed E-state index contributed by atoms with van der Waals surface area (Å²) in [7, 11) is 0. The van der Waals surface area contributed by atoms with E-state index in [1.807, 2.05) is 61.1 Å². The summed E-state index contributed by atoms with van der Waals surface area (Å²) in [5.41, 5.74) is 2.11. The van der Waals surface area contributed by atoms with Crippen molar-refractivity contribution in [2.75, 3.05) is 0 Å². The van der Waals surface area contributed by atoms with Gasteiger partial charge in [0.05, 0.1) is 17.3 Å². The summed E-state index contributed by atoms with van der Waals surface area (Å²) >= 11 is 5.92.